The summed E-state index contributed by atoms with van der Waals surface area (Å²) in [7, 11) is 0. The molecule has 0 bridgehead atoms. The number of benzene rings is 1. The van der Waals surface area contributed by atoms with Crippen molar-refractivity contribution in [3.63, 3.8) is 0 Å². The summed E-state index contributed by atoms with van der Waals surface area (Å²) in [6, 6.07) is 3.72. The van der Waals surface area contributed by atoms with E-state index in [1.807, 2.05) is 0 Å². The molecule has 0 fully saturated rings. The normalized spacial score (nSPS) is 15.5. The highest BCUT2D eigenvalue weighted by molar-refractivity contribution is 5.70. The maximum absolute atomic E-state index is 13.1. The second kappa shape index (κ2) is 6.17. The predicted octanol–water partition coefficient (Wildman–Crippen LogP) is 2.85. The number of halogens is 3. The van der Waals surface area contributed by atoms with Gasteiger partial charge in [-0.1, -0.05) is 12.1 Å². The van der Waals surface area contributed by atoms with Crippen LogP contribution in [0.25, 0.3) is 5.57 Å². The van der Waals surface area contributed by atoms with Gasteiger partial charge in [-0.15, -0.1) is 0 Å². The van der Waals surface area contributed by atoms with E-state index in [1.165, 1.54) is 12.1 Å². The Morgan fingerprint density at radius 1 is 1.38 bits per heavy atom. The first-order valence-corrected chi connectivity index (χ1v) is 6.45. The molecule has 21 heavy (non-hydrogen) atoms. The zero-order chi connectivity index (χ0) is 15.5. The molecule has 0 saturated heterocycles. The van der Waals surface area contributed by atoms with Gasteiger partial charge in [-0.2, -0.15) is 13.2 Å². The topological polar surface area (TPSA) is 61.4 Å². The highest BCUT2D eigenvalue weighted by Gasteiger charge is 2.34. The van der Waals surface area contributed by atoms with Crippen LogP contribution in [0.1, 0.15) is 23.1 Å². The van der Waals surface area contributed by atoms with Gasteiger partial charge in [0.2, 0.25) is 0 Å². The van der Waals surface area contributed by atoms with Crippen LogP contribution in [0.4, 0.5) is 18.0 Å². The summed E-state index contributed by atoms with van der Waals surface area (Å²) in [6.07, 6.45) is -3.39. The fraction of sp³-hybridized carbons (Fsp3) is 0.357. The Hall–Kier alpha value is -2.02. The molecule has 1 amide bonds. The molecule has 7 heteroatoms. The molecule has 0 aromatic heterocycles. The van der Waals surface area contributed by atoms with Crippen LogP contribution in [0.3, 0.4) is 0 Å². The van der Waals surface area contributed by atoms with Crippen molar-refractivity contribution in [2.24, 2.45) is 0 Å². The van der Waals surface area contributed by atoms with Crippen LogP contribution < -0.4 is 10.6 Å². The minimum atomic E-state index is -4.43. The average Bonchev–Trinajstić information content (AvgIpc) is 2.44. The lowest BCUT2D eigenvalue weighted by molar-refractivity contribution is -0.137. The summed E-state index contributed by atoms with van der Waals surface area (Å²) in [5.74, 6) is 0. The third kappa shape index (κ3) is 3.98. The number of amides is 1. The lowest BCUT2D eigenvalue weighted by atomic mass is 9.93. The summed E-state index contributed by atoms with van der Waals surface area (Å²) in [5, 5.41) is 13.8. The van der Waals surface area contributed by atoms with Crippen molar-refractivity contribution in [2.75, 3.05) is 13.1 Å². The Morgan fingerprint density at radius 3 is 2.71 bits per heavy atom. The monoisotopic (exact) mass is 300 g/mol. The van der Waals surface area contributed by atoms with Gasteiger partial charge in [0, 0.05) is 13.1 Å². The van der Waals surface area contributed by atoms with Gasteiger partial charge in [0.05, 0.1) is 5.56 Å². The van der Waals surface area contributed by atoms with E-state index in [1.54, 1.807) is 6.08 Å². The molecule has 1 heterocycles. The van der Waals surface area contributed by atoms with Gasteiger partial charge < -0.3 is 15.7 Å². The minimum absolute atomic E-state index is 0.0218. The van der Waals surface area contributed by atoms with E-state index in [-0.39, 0.29) is 12.1 Å². The molecule has 0 spiro atoms. The lowest BCUT2D eigenvalue weighted by Gasteiger charge is -2.20. The van der Waals surface area contributed by atoms with Crippen LogP contribution in [0, 0.1) is 0 Å². The van der Waals surface area contributed by atoms with E-state index >= 15 is 0 Å². The fourth-order valence-corrected chi connectivity index (χ4v) is 2.26. The number of nitrogens with one attached hydrogen (secondary N) is 2. The molecule has 0 aliphatic carbocycles. The van der Waals surface area contributed by atoms with Crippen molar-refractivity contribution in [3.8, 4) is 0 Å². The van der Waals surface area contributed by atoms with Gasteiger partial charge >= 0.3 is 12.3 Å². The Morgan fingerprint density at radius 2 is 2.14 bits per heavy atom. The number of carbonyl (C=O) groups is 1. The molecule has 1 aromatic rings. The van der Waals surface area contributed by atoms with E-state index < -0.39 is 17.8 Å². The maximum atomic E-state index is 13.1. The van der Waals surface area contributed by atoms with Crippen molar-refractivity contribution in [1.29, 1.82) is 0 Å². The minimum Gasteiger partial charge on any atom is -0.465 e. The molecule has 1 aliphatic rings. The maximum Gasteiger partial charge on any atom is 0.416 e. The van der Waals surface area contributed by atoms with Gasteiger partial charge in [0.15, 0.2) is 0 Å². The largest absolute Gasteiger partial charge is 0.465 e. The SMILES string of the molecule is O=C(O)NCc1ccc(C(F)(F)F)c(C2=CCNCC2)c1. The van der Waals surface area contributed by atoms with Gasteiger partial charge in [0.25, 0.3) is 0 Å². The van der Waals surface area contributed by atoms with Crippen molar-refractivity contribution in [2.45, 2.75) is 19.1 Å². The standard InChI is InChI=1S/C14H15F3N2O2/c15-14(16,17)12-2-1-9(8-19-13(20)21)7-11(12)10-3-5-18-6-4-10/h1-3,7,18-19H,4-6,8H2,(H,20,21). The number of rotatable bonds is 3. The van der Waals surface area contributed by atoms with Gasteiger partial charge in [0.1, 0.15) is 0 Å². The second-order valence-corrected chi connectivity index (χ2v) is 4.72. The van der Waals surface area contributed by atoms with Crippen molar-refractivity contribution < 1.29 is 23.1 Å². The molecule has 0 atom stereocenters. The summed E-state index contributed by atoms with van der Waals surface area (Å²) < 4.78 is 39.3. The number of hydrogen-bond acceptors (Lipinski definition) is 2. The van der Waals surface area contributed by atoms with Crippen LogP contribution in [-0.2, 0) is 12.7 Å². The Bertz CT molecular complexity index is 568. The first-order valence-electron chi connectivity index (χ1n) is 6.45. The molecule has 1 aliphatic heterocycles. The second-order valence-electron chi connectivity index (χ2n) is 4.72. The van der Waals surface area contributed by atoms with E-state index in [9.17, 15) is 18.0 Å². The quantitative estimate of drug-likeness (QED) is 0.804. The molecule has 0 saturated carbocycles. The van der Waals surface area contributed by atoms with E-state index in [0.717, 1.165) is 6.07 Å². The zero-order valence-corrected chi connectivity index (χ0v) is 11.1. The van der Waals surface area contributed by atoms with Crippen molar-refractivity contribution in [1.82, 2.24) is 10.6 Å². The molecule has 3 N–H and O–H groups in total. The first-order chi connectivity index (χ1) is 9.88. The fourth-order valence-electron chi connectivity index (χ4n) is 2.26. The third-order valence-electron chi connectivity index (χ3n) is 3.24. The average molecular weight is 300 g/mol. The first kappa shape index (κ1) is 15.4. The van der Waals surface area contributed by atoms with Gasteiger partial charge in [-0.3, -0.25) is 0 Å². The summed E-state index contributed by atoms with van der Waals surface area (Å²) in [4.78, 5) is 10.5. The van der Waals surface area contributed by atoms with E-state index in [4.69, 9.17) is 5.11 Å². The molecular weight excluding hydrogens is 285 g/mol. The molecule has 0 radical (unpaired) electrons. The molecule has 0 unspecified atom stereocenters. The number of alkyl halides is 3. The van der Waals surface area contributed by atoms with Crippen LogP contribution in [0.5, 0.6) is 0 Å². The van der Waals surface area contributed by atoms with Crippen LogP contribution in [0.2, 0.25) is 0 Å². The smallest absolute Gasteiger partial charge is 0.416 e. The molecule has 4 nitrogen and oxygen atoms in total. The molecule has 2 rings (SSSR count). The molecule has 1 aromatic carbocycles. The highest BCUT2D eigenvalue weighted by Crippen LogP contribution is 2.36. The Labute approximate surface area is 119 Å². The number of hydrogen-bond donors (Lipinski definition) is 3. The Kier molecular flexibility index (Phi) is 4.52. The highest BCUT2D eigenvalue weighted by atomic mass is 19.4. The lowest BCUT2D eigenvalue weighted by Crippen LogP contribution is -2.22. The van der Waals surface area contributed by atoms with Crippen molar-refractivity contribution >= 4 is 11.7 Å². The number of carboxylic acid groups (broad SMARTS) is 1. The molecule has 114 valence electrons. The van der Waals surface area contributed by atoms with Crippen LogP contribution >= 0.6 is 0 Å². The predicted molar refractivity (Wildman–Crippen MR) is 71.8 cm³/mol. The molecular formula is C14H15F3N2O2. The van der Waals surface area contributed by atoms with Gasteiger partial charge in [-0.25, -0.2) is 4.79 Å². The van der Waals surface area contributed by atoms with Crippen LogP contribution in [0.15, 0.2) is 24.3 Å². The van der Waals surface area contributed by atoms with E-state index in [0.29, 0.717) is 30.6 Å². The van der Waals surface area contributed by atoms with Crippen molar-refractivity contribution in [3.05, 3.63) is 41.0 Å². The van der Waals surface area contributed by atoms with Crippen LogP contribution in [-0.4, -0.2) is 24.3 Å². The third-order valence-corrected chi connectivity index (χ3v) is 3.24. The summed E-state index contributed by atoms with van der Waals surface area (Å²) >= 11 is 0. The zero-order valence-electron chi connectivity index (χ0n) is 11.1. The summed E-state index contributed by atoms with van der Waals surface area (Å²) in [6.45, 7) is 1.14. The van der Waals surface area contributed by atoms with Gasteiger partial charge in [-0.05, 0) is 41.8 Å². The summed E-state index contributed by atoms with van der Waals surface area (Å²) in [5.41, 5.74) is 0.585. The van der Waals surface area contributed by atoms with E-state index in [2.05, 4.69) is 10.6 Å². The Balaban J connectivity index is 2.38.